The van der Waals surface area contributed by atoms with Crippen molar-refractivity contribution < 1.29 is 0 Å². The summed E-state index contributed by atoms with van der Waals surface area (Å²) in [5, 5.41) is 10.8. The van der Waals surface area contributed by atoms with Gasteiger partial charge < -0.3 is 5.32 Å². The molecule has 0 bridgehead atoms. The summed E-state index contributed by atoms with van der Waals surface area (Å²) in [5.74, 6) is 3.22. The first-order valence-corrected chi connectivity index (χ1v) is 14.5. The van der Waals surface area contributed by atoms with Crippen molar-refractivity contribution in [3.8, 4) is 33.9 Å². The third-order valence-electron chi connectivity index (χ3n) is 7.78. The molecule has 9 nitrogen and oxygen atoms in total. The van der Waals surface area contributed by atoms with Crippen molar-refractivity contribution in [3.05, 3.63) is 121 Å². The Morgan fingerprint density at radius 3 is 2.26 bits per heavy atom. The van der Waals surface area contributed by atoms with Crippen molar-refractivity contribution >= 4 is 11.8 Å². The number of nitrogens with one attached hydrogen (secondary N) is 2. The topological polar surface area (TPSA) is 108 Å². The molecule has 7 rings (SSSR count). The summed E-state index contributed by atoms with van der Waals surface area (Å²) < 4.78 is 0. The Balaban J connectivity index is 1.04. The predicted molar refractivity (Wildman–Crippen MR) is 167 cm³/mol. The van der Waals surface area contributed by atoms with Crippen LogP contribution in [0, 0.1) is 0 Å². The van der Waals surface area contributed by atoms with E-state index in [1.165, 1.54) is 5.56 Å². The van der Waals surface area contributed by atoms with E-state index in [2.05, 4.69) is 71.8 Å². The van der Waals surface area contributed by atoms with Crippen molar-refractivity contribution in [3.63, 3.8) is 0 Å². The summed E-state index contributed by atoms with van der Waals surface area (Å²) >= 11 is 0. The molecule has 1 aliphatic heterocycles. The van der Waals surface area contributed by atoms with Crippen LogP contribution in [-0.2, 0) is 6.54 Å². The minimum Gasteiger partial charge on any atom is -0.309 e. The first-order valence-electron chi connectivity index (χ1n) is 14.5. The van der Waals surface area contributed by atoms with Crippen molar-refractivity contribution in [1.82, 2.24) is 40.0 Å². The lowest BCUT2D eigenvalue weighted by Crippen LogP contribution is -2.32. The molecule has 4 aromatic heterocycles. The second-order valence-corrected chi connectivity index (χ2v) is 10.7. The molecule has 1 fully saturated rings. The van der Waals surface area contributed by atoms with Crippen molar-refractivity contribution in [1.29, 1.82) is 0 Å². The molecule has 0 radical (unpaired) electrons. The van der Waals surface area contributed by atoms with Crippen LogP contribution in [0.3, 0.4) is 0 Å². The van der Waals surface area contributed by atoms with Crippen LogP contribution in [0.1, 0.15) is 30.1 Å². The van der Waals surface area contributed by atoms with Crippen LogP contribution in [-0.4, -0.2) is 53.1 Å². The van der Waals surface area contributed by atoms with Crippen LogP contribution in [0.2, 0.25) is 0 Å². The maximum absolute atomic E-state index is 4.93. The maximum Gasteiger partial charge on any atom is 0.228 e. The van der Waals surface area contributed by atoms with Crippen molar-refractivity contribution in [2.75, 3.05) is 18.4 Å². The van der Waals surface area contributed by atoms with Gasteiger partial charge in [0.25, 0.3) is 0 Å². The molecule has 212 valence electrons. The monoisotopic (exact) mass is 565 g/mol. The zero-order valence-electron chi connectivity index (χ0n) is 23.6. The Labute approximate surface area is 250 Å². The molecule has 2 N–H and O–H groups in total. The highest BCUT2D eigenvalue weighted by Crippen LogP contribution is 2.32. The average molecular weight is 566 g/mol. The molecule has 0 aliphatic carbocycles. The number of rotatable bonds is 8. The van der Waals surface area contributed by atoms with E-state index in [0.29, 0.717) is 23.5 Å². The van der Waals surface area contributed by atoms with Gasteiger partial charge in [0, 0.05) is 42.2 Å². The number of H-pyrrole nitrogens is 1. The minimum atomic E-state index is 0.381. The van der Waals surface area contributed by atoms with Gasteiger partial charge in [-0.2, -0.15) is 5.10 Å². The first-order chi connectivity index (χ1) is 21.3. The minimum absolute atomic E-state index is 0.381. The number of aromatic amines is 1. The summed E-state index contributed by atoms with van der Waals surface area (Å²) in [6.45, 7) is 2.93. The molecule has 0 atom stereocenters. The van der Waals surface area contributed by atoms with Gasteiger partial charge in [-0.05, 0) is 61.3 Å². The maximum atomic E-state index is 4.93. The lowest BCUT2D eigenvalue weighted by Gasteiger charge is -2.31. The Morgan fingerprint density at radius 2 is 1.51 bits per heavy atom. The number of likely N-dealkylation sites (tertiary alicyclic amines) is 1. The van der Waals surface area contributed by atoms with Crippen LogP contribution < -0.4 is 5.32 Å². The number of piperidine rings is 1. The smallest absolute Gasteiger partial charge is 0.228 e. The molecule has 1 aliphatic rings. The molecule has 1 saturated heterocycles. The Hall–Kier alpha value is -5.28. The Morgan fingerprint density at radius 1 is 0.744 bits per heavy atom. The van der Waals surface area contributed by atoms with E-state index in [9.17, 15) is 0 Å². The van der Waals surface area contributed by atoms with Crippen LogP contribution in [0.4, 0.5) is 11.8 Å². The number of hydrogen-bond acceptors (Lipinski definition) is 8. The van der Waals surface area contributed by atoms with E-state index in [-0.39, 0.29) is 0 Å². The molecule has 43 heavy (non-hydrogen) atoms. The fourth-order valence-corrected chi connectivity index (χ4v) is 5.50. The summed E-state index contributed by atoms with van der Waals surface area (Å²) in [5.41, 5.74) is 6.06. The molecule has 2 aromatic carbocycles. The molecular weight excluding hydrogens is 534 g/mol. The molecular formula is C34H31N9. The highest BCUT2D eigenvalue weighted by molar-refractivity contribution is 5.81. The van der Waals surface area contributed by atoms with Crippen molar-refractivity contribution in [2.45, 2.75) is 25.3 Å². The molecule has 5 heterocycles. The molecule has 9 heteroatoms. The number of aromatic nitrogens is 7. The van der Waals surface area contributed by atoms with Gasteiger partial charge in [-0.3, -0.25) is 15.0 Å². The molecule has 6 aromatic rings. The van der Waals surface area contributed by atoms with E-state index < -0.39 is 0 Å². The van der Waals surface area contributed by atoms with Gasteiger partial charge >= 0.3 is 0 Å². The molecule has 0 spiro atoms. The number of benzene rings is 2. The van der Waals surface area contributed by atoms with Gasteiger partial charge in [-0.15, -0.1) is 0 Å². The van der Waals surface area contributed by atoms with E-state index in [0.717, 1.165) is 66.4 Å². The second-order valence-electron chi connectivity index (χ2n) is 10.7. The highest BCUT2D eigenvalue weighted by Gasteiger charge is 2.24. The molecule has 0 amide bonds. The molecule has 0 saturated carbocycles. The quantitative estimate of drug-likeness (QED) is 0.215. The number of hydrogen-bond donors (Lipinski definition) is 2. The highest BCUT2D eigenvalue weighted by atomic mass is 15.2. The first kappa shape index (κ1) is 26.6. The van der Waals surface area contributed by atoms with Crippen LogP contribution in [0.15, 0.2) is 110 Å². The van der Waals surface area contributed by atoms with E-state index in [1.54, 1.807) is 12.4 Å². The zero-order valence-corrected chi connectivity index (χ0v) is 23.6. The molecule has 0 unspecified atom stereocenters. The summed E-state index contributed by atoms with van der Waals surface area (Å²) in [6, 6.07) is 30.5. The summed E-state index contributed by atoms with van der Waals surface area (Å²) in [4.78, 5) is 25.5. The van der Waals surface area contributed by atoms with E-state index in [1.807, 2.05) is 60.8 Å². The SMILES string of the molecule is c1ccc(-c2cnc(Nc3ccccn3)nc2-c2ccc(CN3CCC(c4nc(-c5ccccn5)n[nH]4)CC3)cc2)cc1. The lowest BCUT2D eigenvalue weighted by molar-refractivity contribution is 0.202. The third kappa shape index (κ3) is 6.17. The Bertz CT molecular complexity index is 1760. The van der Waals surface area contributed by atoms with Gasteiger partial charge in [-0.25, -0.2) is 19.9 Å². The van der Waals surface area contributed by atoms with Gasteiger partial charge in [0.15, 0.2) is 5.82 Å². The van der Waals surface area contributed by atoms with Crippen LogP contribution >= 0.6 is 0 Å². The summed E-state index contributed by atoms with van der Waals surface area (Å²) in [6.07, 6.45) is 7.49. The largest absolute Gasteiger partial charge is 0.309 e. The zero-order chi connectivity index (χ0) is 28.8. The number of anilines is 2. The average Bonchev–Trinajstić information content (AvgIpc) is 3.57. The number of nitrogens with zero attached hydrogens (tertiary/aromatic N) is 7. The third-order valence-corrected chi connectivity index (χ3v) is 7.78. The summed E-state index contributed by atoms with van der Waals surface area (Å²) in [7, 11) is 0. The standard InChI is InChI=1S/C34H31N9/c1-2-8-25(9-3-1)28-22-37-34(38-30-11-5-7-19-36-30)39-31(28)26-14-12-24(13-15-26)23-43-20-16-27(17-21-43)32-40-33(42-41-32)29-10-4-6-18-35-29/h1-15,18-19,22,27H,16-17,20-21,23H2,(H,40,41,42)(H,36,37,38,39). The number of pyridine rings is 2. The van der Waals surface area contributed by atoms with E-state index in [4.69, 9.17) is 9.97 Å². The fraction of sp³-hybridized carbons (Fsp3) is 0.176. The van der Waals surface area contributed by atoms with Crippen molar-refractivity contribution in [2.24, 2.45) is 0 Å². The predicted octanol–water partition coefficient (Wildman–Crippen LogP) is 6.51. The fourth-order valence-electron chi connectivity index (χ4n) is 5.50. The van der Waals surface area contributed by atoms with Gasteiger partial charge in [0.2, 0.25) is 5.95 Å². The Kier molecular flexibility index (Phi) is 7.61. The van der Waals surface area contributed by atoms with Crippen LogP contribution in [0.5, 0.6) is 0 Å². The van der Waals surface area contributed by atoms with Gasteiger partial charge in [0.05, 0.1) is 5.69 Å². The normalized spacial score (nSPS) is 14.0. The van der Waals surface area contributed by atoms with Gasteiger partial charge in [-0.1, -0.05) is 66.7 Å². The van der Waals surface area contributed by atoms with Gasteiger partial charge in [0.1, 0.15) is 17.3 Å². The van der Waals surface area contributed by atoms with Crippen LogP contribution in [0.25, 0.3) is 33.9 Å². The second kappa shape index (κ2) is 12.3. The van der Waals surface area contributed by atoms with E-state index >= 15 is 0 Å². The lowest BCUT2D eigenvalue weighted by atomic mass is 9.95.